The third-order valence-electron chi connectivity index (χ3n) is 6.00. The lowest BCUT2D eigenvalue weighted by Crippen LogP contribution is -2.35. The number of ether oxygens (including phenoxy) is 1. The monoisotopic (exact) mass is 578 g/mol. The highest BCUT2D eigenvalue weighted by molar-refractivity contribution is 7.90. The summed E-state index contributed by atoms with van der Waals surface area (Å²) >= 11 is 8.07. The maximum Gasteiger partial charge on any atom is 0.310 e. The Bertz CT molecular complexity index is 1390. The van der Waals surface area contributed by atoms with E-state index < -0.39 is 15.6 Å². The third kappa shape index (κ3) is 7.77. The molecule has 0 saturated heterocycles. The number of benzene rings is 1. The van der Waals surface area contributed by atoms with Crippen LogP contribution in [-0.2, 0) is 25.2 Å². The number of esters is 1. The molecule has 38 heavy (non-hydrogen) atoms. The number of nitrogens with zero attached hydrogens (tertiary/aromatic N) is 1. The smallest absolute Gasteiger partial charge is 0.310 e. The van der Waals surface area contributed by atoms with E-state index in [0.717, 1.165) is 27.3 Å². The summed E-state index contributed by atoms with van der Waals surface area (Å²) in [7, 11) is -3.69. The fourth-order valence-corrected chi connectivity index (χ4v) is 5.97. The Kier molecular flexibility index (Phi) is 9.59. The summed E-state index contributed by atoms with van der Waals surface area (Å²) in [5.41, 5.74) is 9.26. The molecule has 1 aromatic carbocycles. The van der Waals surface area contributed by atoms with E-state index >= 15 is 0 Å². The van der Waals surface area contributed by atoms with Crippen molar-refractivity contribution in [2.75, 3.05) is 11.3 Å². The zero-order chi connectivity index (χ0) is 28.3. The number of carbonyl (C=O) groups excluding carboxylic acids is 1. The number of anilines is 1. The fraction of sp³-hybridized carbons (Fsp3) is 0.407. The van der Waals surface area contributed by atoms with E-state index in [4.69, 9.17) is 22.1 Å². The number of thiophene rings is 1. The molecule has 0 fully saturated rings. The van der Waals surface area contributed by atoms with Crippen LogP contribution in [0.2, 0.25) is 5.02 Å². The van der Waals surface area contributed by atoms with Gasteiger partial charge in [0.05, 0.1) is 16.6 Å². The van der Waals surface area contributed by atoms with Gasteiger partial charge in [0, 0.05) is 39.8 Å². The molecule has 3 aromatic rings. The molecule has 0 bridgehead atoms. The highest BCUT2D eigenvalue weighted by atomic mass is 35.5. The molecule has 4 N–H and O–H groups in total. The van der Waals surface area contributed by atoms with Crippen LogP contribution in [-0.4, -0.2) is 38.1 Å². The first-order chi connectivity index (χ1) is 17.7. The summed E-state index contributed by atoms with van der Waals surface area (Å²) in [5.74, 6) is -0.703. The first-order valence-electron chi connectivity index (χ1n) is 12.3. The van der Waals surface area contributed by atoms with Gasteiger partial charge in [-0.05, 0) is 73.7 Å². The lowest BCUT2D eigenvalue weighted by atomic mass is 9.88. The number of nitrogens with two attached hydrogens (primary N) is 1. The number of rotatable bonds is 11. The third-order valence-corrected chi connectivity index (χ3v) is 8.56. The Hall–Kier alpha value is -2.50. The van der Waals surface area contributed by atoms with E-state index in [2.05, 4.69) is 14.4 Å². The summed E-state index contributed by atoms with van der Waals surface area (Å²) in [6, 6.07) is 10.5. The van der Waals surface area contributed by atoms with Crippen LogP contribution in [0.1, 0.15) is 47.2 Å². The molecule has 0 saturated carbocycles. The van der Waals surface area contributed by atoms with Crippen LogP contribution >= 0.6 is 22.9 Å². The van der Waals surface area contributed by atoms with Gasteiger partial charge in [0.15, 0.2) is 0 Å². The second-order valence-corrected chi connectivity index (χ2v) is 13.1. The van der Waals surface area contributed by atoms with Crippen LogP contribution in [0.25, 0.3) is 21.6 Å². The van der Waals surface area contributed by atoms with E-state index in [1.807, 2.05) is 37.4 Å². The van der Waals surface area contributed by atoms with E-state index in [9.17, 15) is 13.2 Å². The summed E-state index contributed by atoms with van der Waals surface area (Å²) in [5, 5.41) is 2.47. The second kappa shape index (κ2) is 12.1. The minimum atomic E-state index is -3.69. The van der Waals surface area contributed by atoms with Crippen molar-refractivity contribution >= 4 is 44.8 Å². The lowest BCUT2D eigenvalue weighted by Gasteiger charge is -2.25. The number of carbonyl (C=O) groups is 1. The second-order valence-electron chi connectivity index (χ2n) is 10.3. The Morgan fingerprint density at radius 1 is 1.13 bits per heavy atom. The van der Waals surface area contributed by atoms with E-state index in [1.54, 1.807) is 52.1 Å². The topological polar surface area (TPSA) is 123 Å². The summed E-state index contributed by atoms with van der Waals surface area (Å²) in [6.07, 6.45) is 1.75. The van der Waals surface area contributed by atoms with Crippen LogP contribution in [0.15, 0.2) is 48.0 Å². The molecule has 0 aliphatic carbocycles. The van der Waals surface area contributed by atoms with E-state index in [-0.39, 0.29) is 30.6 Å². The van der Waals surface area contributed by atoms with Crippen molar-refractivity contribution in [1.82, 2.24) is 9.71 Å². The molecule has 2 atom stereocenters. The Morgan fingerprint density at radius 3 is 2.47 bits per heavy atom. The first-order valence-corrected chi connectivity index (χ1v) is 15.0. The molecule has 0 radical (unpaired) electrons. The summed E-state index contributed by atoms with van der Waals surface area (Å²) in [6.45, 7) is 11.2. The SMILES string of the molecule is CC(C)NS(=O)(=O)Nc1ccc(-c2cc(-c3ccnc(C(C)(C)COC(=O)C(C)C(C)N)c3)cs2)c(Cl)c1. The zero-order valence-electron chi connectivity index (χ0n) is 22.4. The molecule has 2 aromatic heterocycles. The van der Waals surface area contributed by atoms with Gasteiger partial charge in [-0.15, -0.1) is 11.3 Å². The van der Waals surface area contributed by atoms with Crippen LogP contribution < -0.4 is 15.2 Å². The lowest BCUT2D eigenvalue weighted by molar-refractivity contribution is -0.150. The molecular formula is C27H35ClN4O4S2. The molecule has 0 amide bonds. The maximum atomic E-state index is 12.3. The molecule has 0 aliphatic rings. The van der Waals surface area contributed by atoms with Crippen molar-refractivity contribution in [2.45, 2.75) is 59.0 Å². The Labute approximate surface area is 234 Å². The van der Waals surface area contributed by atoms with Crippen molar-refractivity contribution in [1.29, 1.82) is 0 Å². The van der Waals surface area contributed by atoms with E-state index in [0.29, 0.717) is 10.7 Å². The average Bonchev–Trinajstić information content (AvgIpc) is 3.31. The number of halogens is 1. The molecule has 11 heteroatoms. The predicted molar refractivity (Wildman–Crippen MR) is 156 cm³/mol. The van der Waals surface area contributed by atoms with Gasteiger partial charge in [0.2, 0.25) is 0 Å². The maximum absolute atomic E-state index is 12.3. The molecular weight excluding hydrogens is 544 g/mol. The average molecular weight is 579 g/mol. The minimum absolute atomic E-state index is 0.187. The van der Waals surface area contributed by atoms with Gasteiger partial charge in [-0.2, -0.15) is 13.1 Å². The van der Waals surface area contributed by atoms with Crippen molar-refractivity contribution < 1.29 is 17.9 Å². The van der Waals surface area contributed by atoms with Gasteiger partial charge >= 0.3 is 5.97 Å². The number of pyridine rings is 1. The highest BCUT2D eigenvalue weighted by Crippen LogP contribution is 2.38. The standard InChI is InChI=1S/C27H35ClN4O4S2/c1-16(2)31-38(34,35)32-21-7-8-22(23(28)13-21)24-11-20(14-37-24)19-9-10-30-25(12-19)27(5,6)15-36-26(33)17(3)18(4)29/h7-14,16-18,31-32H,15,29H2,1-6H3. The first kappa shape index (κ1) is 30.0. The molecule has 3 rings (SSSR count). The van der Waals surface area contributed by atoms with Gasteiger partial charge in [0.1, 0.15) is 6.61 Å². The van der Waals surface area contributed by atoms with Crippen molar-refractivity contribution in [3.8, 4) is 21.6 Å². The number of nitrogens with one attached hydrogen (secondary N) is 2. The van der Waals surface area contributed by atoms with Gasteiger partial charge in [-0.1, -0.05) is 32.4 Å². The number of aromatic nitrogens is 1. The highest BCUT2D eigenvalue weighted by Gasteiger charge is 2.27. The predicted octanol–water partition coefficient (Wildman–Crippen LogP) is 5.59. The number of hydrogen-bond donors (Lipinski definition) is 3. The molecule has 2 unspecified atom stereocenters. The van der Waals surface area contributed by atoms with Crippen molar-refractivity contribution in [3.05, 3.63) is 58.7 Å². The van der Waals surface area contributed by atoms with Gasteiger partial charge in [-0.3, -0.25) is 14.5 Å². The van der Waals surface area contributed by atoms with E-state index in [1.165, 1.54) is 11.3 Å². The number of hydrogen-bond acceptors (Lipinski definition) is 7. The summed E-state index contributed by atoms with van der Waals surface area (Å²) in [4.78, 5) is 17.8. The molecule has 8 nitrogen and oxygen atoms in total. The molecule has 0 spiro atoms. The normalized spacial score (nSPS) is 13.8. The Balaban J connectivity index is 1.77. The zero-order valence-corrected chi connectivity index (χ0v) is 24.8. The molecule has 206 valence electrons. The Morgan fingerprint density at radius 2 is 1.84 bits per heavy atom. The van der Waals surface area contributed by atoms with Crippen molar-refractivity contribution in [2.24, 2.45) is 11.7 Å². The van der Waals surface area contributed by atoms with Crippen LogP contribution in [0.5, 0.6) is 0 Å². The van der Waals surface area contributed by atoms with Crippen LogP contribution in [0.3, 0.4) is 0 Å². The van der Waals surface area contributed by atoms with Gasteiger partial charge < -0.3 is 10.5 Å². The largest absolute Gasteiger partial charge is 0.464 e. The fourth-order valence-electron chi connectivity index (χ4n) is 3.55. The van der Waals surface area contributed by atoms with Gasteiger partial charge in [-0.25, -0.2) is 0 Å². The molecule has 0 aliphatic heterocycles. The molecule has 2 heterocycles. The minimum Gasteiger partial charge on any atom is -0.464 e. The quantitative estimate of drug-likeness (QED) is 0.255. The van der Waals surface area contributed by atoms with Gasteiger partial charge in [0.25, 0.3) is 10.2 Å². The van der Waals surface area contributed by atoms with Crippen LogP contribution in [0, 0.1) is 5.92 Å². The van der Waals surface area contributed by atoms with Crippen molar-refractivity contribution in [3.63, 3.8) is 0 Å². The summed E-state index contributed by atoms with van der Waals surface area (Å²) < 4.78 is 34.8. The van der Waals surface area contributed by atoms with Crippen LogP contribution in [0.4, 0.5) is 5.69 Å².